The maximum atomic E-state index is 12.7. The van der Waals surface area contributed by atoms with E-state index in [2.05, 4.69) is 45.9 Å². The van der Waals surface area contributed by atoms with Gasteiger partial charge in [-0.2, -0.15) is 0 Å². The predicted molar refractivity (Wildman–Crippen MR) is 107 cm³/mol. The molecular weight excluding hydrogens is 322 g/mol. The molecule has 4 nitrogen and oxygen atoms in total. The van der Waals surface area contributed by atoms with E-state index in [0.29, 0.717) is 24.5 Å². The zero-order valence-electron chi connectivity index (χ0n) is 16.2. The summed E-state index contributed by atoms with van der Waals surface area (Å²) >= 11 is 0. The smallest absolute Gasteiger partial charge is 0.237 e. The van der Waals surface area contributed by atoms with E-state index in [1.54, 1.807) is 0 Å². The lowest BCUT2D eigenvalue weighted by atomic mass is 9.93. The Kier molecular flexibility index (Phi) is 5.49. The highest BCUT2D eigenvalue weighted by molar-refractivity contribution is 5.79. The van der Waals surface area contributed by atoms with Crippen molar-refractivity contribution < 1.29 is 4.79 Å². The summed E-state index contributed by atoms with van der Waals surface area (Å²) in [7, 11) is 0. The molecule has 142 valence electrons. The molecule has 2 aliphatic heterocycles. The molecule has 1 aromatic carbocycles. The number of amides is 1. The summed E-state index contributed by atoms with van der Waals surface area (Å²) in [5, 5.41) is 0. The van der Waals surface area contributed by atoms with Gasteiger partial charge in [0.05, 0.1) is 6.54 Å². The van der Waals surface area contributed by atoms with Gasteiger partial charge in [-0.25, -0.2) is 0 Å². The maximum Gasteiger partial charge on any atom is 0.237 e. The van der Waals surface area contributed by atoms with Crippen LogP contribution in [0.1, 0.15) is 50.5 Å². The van der Waals surface area contributed by atoms with Crippen LogP contribution >= 0.6 is 0 Å². The lowest BCUT2D eigenvalue weighted by molar-refractivity contribution is -0.140. The molecule has 4 heteroatoms. The second kappa shape index (κ2) is 7.99. The van der Waals surface area contributed by atoms with Crippen molar-refractivity contribution in [1.29, 1.82) is 0 Å². The van der Waals surface area contributed by atoms with Crippen molar-refractivity contribution in [3.05, 3.63) is 29.8 Å². The summed E-state index contributed by atoms with van der Waals surface area (Å²) in [6.07, 6.45) is 8.74. The van der Waals surface area contributed by atoms with E-state index >= 15 is 0 Å². The van der Waals surface area contributed by atoms with Crippen LogP contribution in [0.5, 0.6) is 0 Å². The zero-order chi connectivity index (χ0) is 17.9. The van der Waals surface area contributed by atoms with Crippen LogP contribution in [0.15, 0.2) is 24.3 Å². The van der Waals surface area contributed by atoms with Crippen molar-refractivity contribution in [3.8, 4) is 0 Å². The monoisotopic (exact) mass is 355 g/mol. The highest BCUT2D eigenvalue weighted by Crippen LogP contribution is 2.27. The molecule has 1 saturated carbocycles. The van der Waals surface area contributed by atoms with E-state index in [-0.39, 0.29) is 0 Å². The standard InChI is InChI=1S/C22H33N3O/c1-18-7-9-19(10-8-18)23-13-11-20(12-14-23)24-15-16-25(22(26)17-24)21-5-3-2-4-6-21/h7-10,20-21H,2-6,11-17H2,1H3. The van der Waals surface area contributed by atoms with Crippen LogP contribution in [0, 0.1) is 6.92 Å². The fraction of sp³-hybridized carbons (Fsp3) is 0.682. The summed E-state index contributed by atoms with van der Waals surface area (Å²) in [6, 6.07) is 9.98. The molecular formula is C22H33N3O. The fourth-order valence-electron chi connectivity index (χ4n) is 5.04. The van der Waals surface area contributed by atoms with E-state index < -0.39 is 0 Å². The molecule has 0 unspecified atom stereocenters. The van der Waals surface area contributed by atoms with E-state index in [9.17, 15) is 4.79 Å². The van der Waals surface area contributed by atoms with Gasteiger partial charge < -0.3 is 9.80 Å². The van der Waals surface area contributed by atoms with Crippen LogP contribution in [-0.4, -0.2) is 60.5 Å². The molecule has 0 N–H and O–H groups in total. The molecule has 3 fully saturated rings. The topological polar surface area (TPSA) is 26.8 Å². The Morgan fingerprint density at radius 2 is 1.50 bits per heavy atom. The van der Waals surface area contributed by atoms with Crippen molar-refractivity contribution in [2.24, 2.45) is 0 Å². The first kappa shape index (κ1) is 17.8. The Morgan fingerprint density at radius 3 is 2.15 bits per heavy atom. The van der Waals surface area contributed by atoms with Crippen molar-refractivity contribution in [2.45, 2.75) is 64.0 Å². The molecule has 1 aromatic rings. The Balaban J connectivity index is 1.28. The molecule has 26 heavy (non-hydrogen) atoms. The molecule has 0 aromatic heterocycles. The van der Waals surface area contributed by atoms with Crippen LogP contribution in [0.25, 0.3) is 0 Å². The third-order valence-corrected chi connectivity index (χ3v) is 6.68. The SMILES string of the molecule is Cc1ccc(N2CCC(N3CCN(C4CCCCC4)C(=O)C3)CC2)cc1. The number of benzene rings is 1. The quantitative estimate of drug-likeness (QED) is 0.831. The van der Waals surface area contributed by atoms with Crippen molar-refractivity contribution in [3.63, 3.8) is 0 Å². The predicted octanol–water partition coefficient (Wildman–Crippen LogP) is 3.44. The minimum Gasteiger partial charge on any atom is -0.371 e. The summed E-state index contributed by atoms with van der Waals surface area (Å²) in [4.78, 5) is 19.9. The van der Waals surface area contributed by atoms with Crippen molar-refractivity contribution >= 4 is 11.6 Å². The van der Waals surface area contributed by atoms with Crippen molar-refractivity contribution in [2.75, 3.05) is 37.6 Å². The number of nitrogens with zero attached hydrogens (tertiary/aromatic N) is 3. The van der Waals surface area contributed by atoms with Crippen molar-refractivity contribution in [1.82, 2.24) is 9.80 Å². The molecule has 0 radical (unpaired) electrons. The van der Waals surface area contributed by atoms with Gasteiger partial charge in [-0.15, -0.1) is 0 Å². The van der Waals surface area contributed by atoms with E-state index in [1.165, 1.54) is 56.2 Å². The van der Waals surface area contributed by atoms with Crippen LogP contribution in [0.4, 0.5) is 5.69 Å². The molecule has 2 saturated heterocycles. The fourth-order valence-corrected chi connectivity index (χ4v) is 5.04. The number of piperidine rings is 1. The number of piperazine rings is 1. The molecule has 4 rings (SSSR count). The van der Waals surface area contributed by atoms with Crippen LogP contribution in [-0.2, 0) is 4.79 Å². The van der Waals surface area contributed by atoms with Crippen LogP contribution in [0.2, 0.25) is 0 Å². The summed E-state index contributed by atoms with van der Waals surface area (Å²) in [5.74, 6) is 0.379. The number of carbonyl (C=O) groups excluding carboxylic acids is 1. The lowest BCUT2D eigenvalue weighted by Gasteiger charge is -2.45. The summed E-state index contributed by atoms with van der Waals surface area (Å²) in [5.41, 5.74) is 2.66. The van der Waals surface area contributed by atoms with Gasteiger partial charge in [-0.1, -0.05) is 37.0 Å². The van der Waals surface area contributed by atoms with Gasteiger partial charge in [0.25, 0.3) is 0 Å². The van der Waals surface area contributed by atoms with Crippen LogP contribution < -0.4 is 4.90 Å². The average molecular weight is 356 g/mol. The third kappa shape index (κ3) is 3.90. The van der Waals surface area contributed by atoms with Gasteiger partial charge in [0, 0.05) is 44.0 Å². The second-order valence-electron chi connectivity index (χ2n) is 8.40. The number of hydrogen-bond donors (Lipinski definition) is 0. The Labute approximate surface area is 158 Å². The normalized spacial score (nSPS) is 24.3. The molecule has 1 aliphatic carbocycles. The van der Waals surface area contributed by atoms with Gasteiger partial charge in [-0.3, -0.25) is 9.69 Å². The first-order chi connectivity index (χ1) is 12.7. The number of rotatable bonds is 3. The third-order valence-electron chi connectivity index (χ3n) is 6.68. The minimum atomic E-state index is 0.379. The first-order valence-corrected chi connectivity index (χ1v) is 10.6. The Hall–Kier alpha value is -1.55. The van der Waals surface area contributed by atoms with E-state index in [0.717, 1.165) is 26.2 Å². The molecule has 1 amide bonds. The zero-order valence-corrected chi connectivity index (χ0v) is 16.2. The molecule has 0 atom stereocenters. The second-order valence-corrected chi connectivity index (χ2v) is 8.40. The van der Waals surface area contributed by atoms with E-state index in [4.69, 9.17) is 0 Å². The Morgan fingerprint density at radius 1 is 0.808 bits per heavy atom. The average Bonchev–Trinajstić information content (AvgIpc) is 2.69. The summed E-state index contributed by atoms with van der Waals surface area (Å²) < 4.78 is 0. The van der Waals surface area contributed by atoms with Gasteiger partial charge in [0.1, 0.15) is 0 Å². The molecule has 0 bridgehead atoms. The maximum absolute atomic E-state index is 12.7. The lowest BCUT2D eigenvalue weighted by Crippen LogP contribution is -2.58. The largest absolute Gasteiger partial charge is 0.371 e. The first-order valence-electron chi connectivity index (χ1n) is 10.6. The number of anilines is 1. The Bertz CT molecular complexity index is 600. The van der Waals surface area contributed by atoms with Gasteiger partial charge in [0.15, 0.2) is 0 Å². The number of hydrogen-bond acceptors (Lipinski definition) is 3. The van der Waals surface area contributed by atoms with E-state index in [1.807, 2.05) is 0 Å². The number of aryl methyl sites for hydroxylation is 1. The summed E-state index contributed by atoms with van der Waals surface area (Å²) in [6.45, 7) is 7.00. The molecule has 0 spiro atoms. The molecule has 2 heterocycles. The van der Waals surface area contributed by atoms with Gasteiger partial charge in [-0.05, 0) is 44.7 Å². The van der Waals surface area contributed by atoms with Gasteiger partial charge in [0.2, 0.25) is 5.91 Å². The van der Waals surface area contributed by atoms with Crippen LogP contribution in [0.3, 0.4) is 0 Å². The highest BCUT2D eigenvalue weighted by atomic mass is 16.2. The highest BCUT2D eigenvalue weighted by Gasteiger charge is 2.34. The minimum absolute atomic E-state index is 0.379. The van der Waals surface area contributed by atoms with Gasteiger partial charge >= 0.3 is 0 Å². The molecule has 3 aliphatic rings. The number of carbonyl (C=O) groups is 1.